The standard InChI is InChI=1S/C13H19NO/c1-14(2)9-4-7-11-5-3-6-12-8-10-15-13(11)12/h3,5-6H,4,7-10H2,1-2H3. The molecule has 0 atom stereocenters. The molecule has 2 nitrogen and oxygen atoms in total. The maximum Gasteiger partial charge on any atom is 0.125 e. The van der Waals surface area contributed by atoms with Crippen molar-refractivity contribution in [2.75, 3.05) is 27.2 Å². The third-order valence-electron chi connectivity index (χ3n) is 2.85. The van der Waals surface area contributed by atoms with E-state index in [9.17, 15) is 0 Å². The molecule has 2 heteroatoms. The van der Waals surface area contributed by atoms with Gasteiger partial charge in [-0.05, 0) is 44.6 Å². The van der Waals surface area contributed by atoms with Crippen LogP contribution in [0.4, 0.5) is 0 Å². The largest absolute Gasteiger partial charge is 0.493 e. The first-order chi connectivity index (χ1) is 7.27. The Hall–Kier alpha value is -1.02. The van der Waals surface area contributed by atoms with Gasteiger partial charge in [0.25, 0.3) is 0 Å². The predicted molar refractivity (Wildman–Crippen MR) is 62.5 cm³/mol. The van der Waals surface area contributed by atoms with Gasteiger partial charge in [0, 0.05) is 6.42 Å². The van der Waals surface area contributed by atoms with Gasteiger partial charge in [-0.15, -0.1) is 0 Å². The van der Waals surface area contributed by atoms with Gasteiger partial charge in [-0.2, -0.15) is 0 Å². The van der Waals surface area contributed by atoms with Crippen molar-refractivity contribution in [1.82, 2.24) is 4.90 Å². The number of aryl methyl sites for hydroxylation is 1. The van der Waals surface area contributed by atoms with Crippen LogP contribution in [0.15, 0.2) is 18.2 Å². The molecule has 0 bridgehead atoms. The van der Waals surface area contributed by atoms with Gasteiger partial charge < -0.3 is 9.64 Å². The average molecular weight is 205 g/mol. The topological polar surface area (TPSA) is 12.5 Å². The van der Waals surface area contributed by atoms with Crippen LogP contribution in [0, 0.1) is 0 Å². The minimum absolute atomic E-state index is 0.861. The molecular weight excluding hydrogens is 186 g/mol. The summed E-state index contributed by atoms with van der Waals surface area (Å²) in [6.07, 6.45) is 3.41. The molecule has 0 amide bonds. The van der Waals surface area contributed by atoms with Crippen molar-refractivity contribution in [1.29, 1.82) is 0 Å². The Kier molecular flexibility index (Phi) is 3.27. The van der Waals surface area contributed by atoms with E-state index < -0.39 is 0 Å². The predicted octanol–water partition coefficient (Wildman–Crippen LogP) is 2.12. The van der Waals surface area contributed by atoms with Crippen LogP contribution >= 0.6 is 0 Å². The first-order valence-electron chi connectivity index (χ1n) is 5.65. The van der Waals surface area contributed by atoms with E-state index in [0.717, 1.165) is 31.7 Å². The highest BCUT2D eigenvalue weighted by Crippen LogP contribution is 2.30. The molecule has 0 fully saturated rings. The van der Waals surface area contributed by atoms with Crippen molar-refractivity contribution < 1.29 is 4.74 Å². The van der Waals surface area contributed by atoms with E-state index in [1.54, 1.807) is 0 Å². The highest BCUT2D eigenvalue weighted by molar-refractivity contribution is 5.43. The second-order valence-electron chi connectivity index (χ2n) is 4.41. The molecule has 0 spiro atoms. The number of nitrogens with zero attached hydrogens (tertiary/aromatic N) is 1. The highest BCUT2D eigenvalue weighted by atomic mass is 16.5. The molecule has 0 saturated carbocycles. The molecule has 1 aliphatic heterocycles. The monoisotopic (exact) mass is 205 g/mol. The van der Waals surface area contributed by atoms with Crippen molar-refractivity contribution >= 4 is 0 Å². The Morgan fingerprint density at radius 2 is 2.20 bits per heavy atom. The van der Waals surface area contributed by atoms with Crippen LogP contribution in [0.25, 0.3) is 0 Å². The molecule has 1 aliphatic rings. The fourth-order valence-electron chi connectivity index (χ4n) is 2.07. The van der Waals surface area contributed by atoms with E-state index >= 15 is 0 Å². The van der Waals surface area contributed by atoms with Crippen LogP contribution in [0.2, 0.25) is 0 Å². The van der Waals surface area contributed by atoms with Crippen LogP contribution in [0.5, 0.6) is 5.75 Å². The molecule has 1 aromatic carbocycles. The van der Waals surface area contributed by atoms with Gasteiger partial charge in [-0.1, -0.05) is 18.2 Å². The van der Waals surface area contributed by atoms with Crippen LogP contribution in [0.1, 0.15) is 17.5 Å². The molecule has 0 N–H and O–H groups in total. The number of ether oxygens (including phenoxy) is 1. The van der Waals surface area contributed by atoms with Crippen molar-refractivity contribution in [2.45, 2.75) is 19.3 Å². The van der Waals surface area contributed by atoms with E-state index in [4.69, 9.17) is 4.74 Å². The highest BCUT2D eigenvalue weighted by Gasteiger charge is 2.15. The Labute approximate surface area is 91.9 Å². The third kappa shape index (κ3) is 2.51. The molecule has 0 radical (unpaired) electrons. The fraction of sp³-hybridized carbons (Fsp3) is 0.538. The lowest BCUT2D eigenvalue weighted by Crippen LogP contribution is -2.13. The molecule has 1 aromatic rings. The summed E-state index contributed by atoms with van der Waals surface area (Å²) < 4.78 is 5.67. The molecular formula is C13H19NO. The Morgan fingerprint density at radius 3 is 3.00 bits per heavy atom. The lowest BCUT2D eigenvalue weighted by molar-refractivity contribution is 0.351. The van der Waals surface area contributed by atoms with Crippen molar-refractivity contribution in [3.05, 3.63) is 29.3 Å². The smallest absolute Gasteiger partial charge is 0.125 e. The lowest BCUT2D eigenvalue weighted by atomic mass is 10.0. The van der Waals surface area contributed by atoms with Gasteiger partial charge in [0.2, 0.25) is 0 Å². The molecule has 15 heavy (non-hydrogen) atoms. The van der Waals surface area contributed by atoms with Gasteiger partial charge in [0.1, 0.15) is 5.75 Å². The van der Waals surface area contributed by atoms with Crippen LogP contribution in [0.3, 0.4) is 0 Å². The number of para-hydroxylation sites is 1. The summed E-state index contributed by atoms with van der Waals surface area (Å²) in [4.78, 5) is 2.23. The minimum atomic E-state index is 0.861. The van der Waals surface area contributed by atoms with E-state index in [1.807, 2.05) is 0 Å². The zero-order valence-electron chi connectivity index (χ0n) is 9.62. The lowest BCUT2D eigenvalue weighted by Gasteiger charge is -2.11. The molecule has 0 aliphatic carbocycles. The number of fused-ring (bicyclic) bond motifs is 1. The summed E-state index contributed by atoms with van der Waals surface area (Å²) in [5.41, 5.74) is 2.77. The summed E-state index contributed by atoms with van der Waals surface area (Å²) in [5.74, 6) is 1.16. The van der Waals surface area contributed by atoms with Crippen molar-refractivity contribution in [2.24, 2.45) is 0 Å². The quantitative estimate of drug-likeness (QED) is 0.746. The Morgan fingerprint density at radius 1 is 1.33 bits per heavy atom. The maximum absolute atomic E-state index is 5.67. The summed E-state index contributed by atoms with van der Waals surface area (Å²) in [5, 5.41) is 0. The van der Waals surface area contributed by atoms with E-state index in [1.165, 1.54) is 17.5 Å². The molecule has 82 valence electrons. The van der Waals surface area contributed by atoms with Gasteiger partial charge >= 0.3 is 0 Å². The van der Waals surface area contributed by atoms with Gasteiger partial charge in [-0.3, -0.25) is 0 Å². The van der Waals surface area contributed by atoms with E-state index in [2.05, 4.69) is 37.2 Å². The van der Waals surface area contributed by atoms with E-state index in [-0.39, 0.29) is 0 Å². The fourth-order valence-corrected chi connectivity index (χ4v) is 2.07. The molecule has 0 aromatic heterocycles. The summed E-state index contributed by atoms with van der Waals surface area (Å²) in [7, 11) is 4.23. The number of benzene rings is 1. The summed E-state index contributed by atoms with van der Waals surface area (Å²) in [6, 6.07) is 6.52. The SMILES string of the molecule is CN(C)CCCc1cccc2c1OCC2. The molecule has 0 unspecified atom stereocenters. The van der Waals surface area contributed by atoms with Gasteiger partial charge in [0.05, 0.1) is 6.61 Å². The summed E-state index contributed by atoms with van der Waals surface area (Å²) in [6.45, 7) is 2.00. The number of hydrogen-bond donors (Lipinski definition) is 0. The second kappa shape index (κ2) is 4.67. The Bertz CT molecular complexity index is 333. The second-order valence-corrected chi connectivity index (χ2v) is 4.41. The first-order valence-corrected chi connectivity index (χ1v) is 5.65. The van der Waals surface area contributed by atoms with Crippen LogP contribution in [-0.2, 0) is 12.8 Å². The number of hydrogen-bond acceptors (Lipinski definition) is 2. The first kappa shape index (κ1) is 10.5. The van der Waals surface area contributed by atoms with E-state index in [0.29, 0.717) is 0 Å². The molecule has 0 saturated heterocycles. The summed E-state index contributed by atoms with van der Waals surface area (Å²) >= 11 is 0. The van der Waals surface area contributed by atoms with Crippen molar-refractivity contribution in [3.8, 4) is 5.75 Å². The van der Waals surface area contributed by atoms with Crippen LogP contribution < -0.4 is 4.74 Å². The zero-order chi connectivity index (χ0) is 10.7. The van der Waals surface area contributed by atoms with Gasteiger partial charge in [-0.25, -0.2) is 0 Å². The molecule has 2 rings (SSSR count). The number of rotatable bonds is 4. The normalized spacial score (nSPS) is 14.1. The van der Waals surface area contributed by atoms with Crippen LogP contribution in [-0.4, -0.2) is 32.1 Å². The Balaban J connectivity index is 2.00. The zero-order valence-corrected chi connectivity index (χ0v) is 9.62. The average Bonchev–Trinajstić information content (AvgIpc) is 2.65. The maximum atomic E-state index is 5.67. The minimum Gasteiger partial charge on any atom is -0.493 e. The molecule has 1 heterocycles. The van der Waals surface area contributed by atoms with Crippen molar-refractivity contribution in [3.63, 3.8) is 0 Å². The van der Waals surface area contributed by atoms with Gasteiger partial charge in [0.15, 0.2) is 0 Å². The third-order valence-corrected chi connectivity index (χ3v) is 2.85.